The fourth-order valence-electron chi connectivity index (χ4n) is 2.03. The Balaban J connectivity index is 2.54. The molecule has 0 aliphatic heterocycles. The van der Waals surface area contributed by atoms with E-state index in [0.717, 1.165) is 10.8 Å². The van der Waals surface area contributed by atoms with E-state index in [4.69, 9.17) is 9.47 Å². The number of benzene rings is 2. The van der Waals surface area contributed by atoms with Gasteiger partial charge in [-0.15, -0.1) is 0 Å². The van der Waals surface area contributed by atoms with Gasteiger partial charge in [0, 0.05) is 13.5 Å². The topological polar surface area (TPSA) is 35.5 Å². The highest BCUT2D eigenvalue weighted by molar-refractivity contribution is 6.10. The number of carbonyl (C=O) groups excluding carboxylic acids is 1. The fourth-order valence-corrected chi connectivity index (χ4v) is 2.03. The Morgan fingerprint density at radius 3 is 2.61 bits per heavy atom. The van der Waals surface area contributed by atoms with Crippen LogP contribution in [0.15, 0.2) is 36.4 Å². The van der Waals surface area contributed by atoms with Crippen LogP contribution in [0.5, 0.6) is 5.75 Å². The molecule has 0 aliphatic rings. The van der Waals surface area contributed by atoms with Crippen molar-refractivity contribution < 1.29 is 14.3 Å². The summed E-state index contributed by atoms with van der Waals surface area (Å²) < 4.78 is 10.3. The van der Waals surface area contributed by atoms with E-state index in [2.05, 4.69) is 0 Å². The number of fused-ring (bicyclic) bond motifs is 1. The van der Waals surface area contributed by atoms with Gasteiger partial charge in [0.2, 0.25) is 0 Å². The lowest BCUT2D eigenvalue weighted by Crippen LogP contribution is -2.06. The molecule has 2 aromatic carbocycles. The van der Waals surface area contributed by atoms with Crippen LogP contribution in [0.1, 0.15) is 16.8 Å². The van der Waals surface area contributed by atoms with Gasteiger partial charge in [0.15, 0.2) is 5.78 Å². The van der Waals surface area contributed by atoms with Gasteiger partial charge in [-0.25, -0.2) is 0 Å². The van der Waals surface area contributed by atoms with Gasteiger partial charge in [0.1, 0.15) is 5.75 Å². The van der Waals surface area contributed by atoms with E-state index < -0.39 is 0 Å². The van der Waals surface area contributed by atoms with Gasteiger partial charge < -0.3 is 9.47 Å². The van der Waals surface area contributed by atoms with Crippen molar-refractivity contribution >= 4 is 16.6 Å². The summed E-state index contributed by atoms with van der Waals surface area (Å²) in [5.74, 6) is 0.667. The zero-order valence-electron chi connectivity index (χ0n) is 10.6. The van der Waals surface area contributed by atoms with Crippen LogP contribution < -0.4 is 4.74 Å². The molecule has 0 fully saturated rings. The molecule has 0 saturated carbocycles. The first-order valence-electron chi connectivity index (χ1n) is 5.86. The van der Waals surface area contributed by atoms with Crippen LogP contribution in [-0.2, 0) is 4.74 Å². The first-order chi connectivity index (χ1) is 8.77. The van der Waals surface area contributed by atoms with Crippen molar-refractivity contribution in [3.8, 4) is 5.75 Å². The summed E-state index contributed by atoms with van der Waals surface area (Å²) in [6, 6.07) is 11.6. The Morgan fingerprint density at radius 2 is 1.89 bits per heavy atom. The van der Waals surface area contributed by atoms with Gasteiger partial charge >= 0.3 is 0 Å². The van der Waals surface area contributed by atoms with Crippen LogP contribution in [0.25, 0.3) is 10.8 Å². The molecule has 3 heteroatoms. The third kappa shape index (κ3) is 2.36. The SMILES string of the molecule is COCCC(=O)c1c(OC)ccc2ccccc12. The molecule has 0 N–H and O–H groups in total. The van der Waals surface area contributed by atoms with E-state index in [1.165, 1.54) is 0 Å². The van der Waals surface area contributed by atoms with Crippen LogP contribution >= 0.6 is 0 Å². The lowest BCUT2D eigenvalue weighted by Gasteiger charge is -2.11. The van der Waals surface area contributed by atoms with Crippen molar-refractivity contribution in [2.45, 2.75) is 6.42 Å². The summed E-state index contributed by atoms with van der Waals surface area (Å²) in [5.41, 5.74) is 0.646. The van der Waals surface area contributed by atoms with Crippen LogP contribution in [0.2, 0.25) is 0 Å². The third-order valence-corrected chi connectivity index (χ3v) is 2.92. The summed E-state index contributed by atoms with van der Waals surface area (Å²) in [6.07, 6.45) is 0.362. The van der Waals surface area contributed by atoms with Gasteiger partial charge in [-0.1, -0.05) is 30.3 Å². The lowest BCUT2D eigenvalue weighted by atomic mass is 9.99. The van der Waals surface area contributed by atoms with E-state index in [9.17, 15) is 4.79 Å². The van der Waals surface area contributed by atoms with E-state index >= 15 is 0 Å². The molecule has 3 nitrogen and oxygen atoms in total. The second-order valence-corrected chi connectivity index (χ2v) is 4.03. The smallest absolute Gasteiger partial charge is 0.169 e. The second kappa shape index (κ2) is 5.65. The number of carbonyl (C=O) groups is 1. The highest BCUT2D eigenvalue weighted by atomic mass is 16.5. The molecular weight excluding hydrogens is 228 g/mol. The van der Waals surface area contributed by atoms with Gasteiger partial charge in [0.05, 0.1) is 19.3 Å². The van der Waals surface area contributed by atoms with Crippen molar-refractivity contribution in [3.05, 3.63) is 42.0 Å². The monoisotopic (exact) mass is 244 g/mol. The third-order valence-electron chi connectivity index (χ3n) is 2.92. The van der Waals surface area contributed by atoms with Crippen LogP contribution in [0, 0.1) is 0 Å². The normalized spacial score (nSPS) is 10.6. The molecule has 0 saturated heterocycles. The number of ketones is 1. The molecule has 0 aromatic heterocycles. The average Bonchev–Trinajstić information content (AvgIpc) is 2.43. The number of ether oxygens (including phenoxy) is 2. The molecule has 0 aliphatic carbocycles. The summed E-state index contributed by atoms with van der Waals surface area (Å²) >= 11 is 0. The molecule has 0 spiro atoms. The van der Waals surface area contributed by atoms with E-state index in [-0.39, 0.29) is 5.78 Å². The number of methoxy groups -OCH3 is 2. The van der Waals surface area contributed by atoms with Crippen LogP contribution in [-0.4, -0.2) is 26.6 Å². The van der Waals surface area contributed by atoms with Crippen molar-refractivity contribution in [3.63, 3.8) is 0 Å². The van der Waals surface area contributed by atoms with Gasteiger partial charge in [-0.05, 0) is 16.8 Å². The Kier molecular flexibility index (Phi) is 3.95. The van der Waals surface area contributed by atoms with Gasteiger partial charge in [-0.2, -0.15) is 0 Å². The molecule has 0 unspecified atom stereocenters. The molecule has 0 radical (unpaired) electrons. The Morgan fingerprint density at radius 1 is 1.11 bits per heavy atom. The molecule has 0 amide bonds. The zero-order valence-corrected chi connectivity index (χ0v) is 10.6. The molecule has 0 heterocycles. The van der Waals surface area contributed by atoms with Gasteiger partial charge in [-0.3, -0.25) is 4.79 Å². The Bertz CT molecular complexity index is 561. The minimum absolute atomic E-state index is 0.0468. The molecule has 94 valence electrons. The fraction of sp³-hybridized carbons (Fsp3) is 0.267. The summed E-state index contributed by atoms with van der Waals surface area (Å²) in [4.78, 5) is 12.2. The first-order valence-corrected chi connectivity index (χ1v) is 5.86. The minimum atomic E-state index is 0.0468. The molecule has 0 bridgehead atoms. The van der Waals surface area contributed by atoms with E-state index in [1.54, 1.807) is 14.2 Å². The highest BCUT2D eigenvalue weighted by Crippen LogP contribution is 2.28. The predicted octanol–water partition coefficient (Wildman–Crippen LogP) is 3.07. The number of hydrogen-bond acceptors (Lipinski definition) is 3. The van der Waals surface area contributed by atoms with Crippen molar-refractivity contribution in [2.24, 2.45) is 0 Å². The van der Waals surface area contributed by atoms with Crippen LogP contribution in [0.4, 0.5) is 0 Å². The van der Waals surface area contributed by atoms with E-state index in [1.807, 2.05) is 36.4 Å². The van der Waals surface area contributed by atoms with Crippen molar-refractivity contribution in [1.29, 1.82) is 0 Å². The summed E-state index contributed by atoms with van der Waals surface area (Å²) in [6.45, 7) is 0.422. The Labute approximate surface area is 106 Å². The van der Waals surface area contributed by atoms with Crippen molar-refractivity contribution in [2.75, 3.05) is 20.8 Å². The first kappa shape index (κ1) is 12.6. The summed E-state index contributed by atoms with van der Waals surface area (Å²) in [7, 11) is 3.17. The maximum Gasteiger partial charge on any atom is 0.169 e. The quantitative estimate of drug-likeness (QED) is 0.758. The van der Waals surface area contributed by atoms with Gasteiger partial charge in [0.25, 0.3) is 0 Å². The second-order valence-electron chi connectivity index (χ2n) is 4.03. The largest absolute Gasteiger partial charge is 0.496 e. The predicted molar refractivity (Wildman–Crippen MR) is 71.3 cm³/mol. The van der Waals surface area contributed by atoms with Crippen molar-refractivity contribution in [1.82, 2.24) is 0 Å². The highest BCUT2D eigenvalue weighted by Gasteiger charge is 2.15. The van der Waals surface area contributed by atoms with E-state index in [0.29, 0.717) is 24.3 Å². The number of rotatable bonds is 5. The molecule has 2 aromatic rings. The molecule has 18 heavy (non-hydrogen) atoms. The Hall–Kier alpha value is -1.87. The average molecular weight is 244 g/mol. The minimum Gasteiger partial charge on any atom is -0.496 e. The lowest BCUT2D eigenvalue weighted by molar-refractivity contribution is 0.0931. The molecule has 0 atom stereocenters. The maximum absolute atomic E-state index is 12.2. The molecular formula is C15H16O3. The maximum atomic E-state index is 12.2. The standard InChI is InChI=1S/C15H16O3/c1-17-10-9-13(16)15-12-6-4-3-5-11(12)7-8-14(15)18-2/h3-8H,9-10H2,1-2H3. The summed E-state index contributed by atoms with van der Waals surface area (Å²) in [5, 5.41) is 1.97. The number of Topliss-reactive ketones (excluding diaryl/α,β-unsaturated/α-hetero) is 1. The molecule has 2 rings (SSSR count). The number of hydrogen-bond donors (Lipinski definition) is 0. The zero-order chi connectivity index (χ0) is 13.0. The van der Waals surface area contributed by atoms with Crippen LogP contribution in [0.3, 0.4) is 0 Å².